The smallest absolute Gasteiger partial charge is 0.264 e. The van der Waals surface area contributed by atoms with Crippen molar-refractivity contribution in [1.29, 1.82) is 0 Å². The molecule has 0 N–H and O–H groups in total. The van der Waals surface area contributed by atoms with Crippen LogP contribution in [0.25, 0.3) is 11.1 Å². The second-order valence-electron chi connectivity index (χ2n) is 7.49. The standard InChI is InChI=1S/C18H18BrNO3S/c1-16(2)17(3)8-9-18(16,12(19)13(17)21)14(22)24-15-20-10-6-4-5-7-11(10)23-15/h4-7,12H,8-9H2,1-3H3. The molecule has 6 heteroatoms. The molecular weight excluding hydrogens is 390 g/mol. The fraction of sp³-hybridized carbons (Fsp3) is 0.500. The Hall–Kier alpha value is -1.14. The van der Waals surface area contributed by atoms with Crippen LogP contribution < -0.4 is 0 Å². The molecule has 1 heterocycles. The molecular formula is C18H18BrNO3S. The summed E-state index contributed by atoms with van der Waals surface area (Å²) in [5.41, 5.74) is -0.179. The van der Waals surface area contributed by atoms with E-state index in [9.17, 15) is 9.59 Å². The van der Waals surface area contributed by atoms with Crippen LogP contribution in [0, 0.1) is 16.2 Å². The summed E-state index contributed by atoms with van der Waals surface area (Å²) in [5.74, 6) is 0.144. The fourth-order valence-corrected chi connectivity index (χ4v) is 7.23. The van der Waals surface area contributed by atoms with E-state index in [0.29, 0.717) is 17.2 Å². The molecule has 2 aliphatic carbocycles. The van der Waals surface area contributed by atoms with Crippen molar-refractivity contribution in [1.82, 2.24) is 4.98 Å². The Balaban J connectivity index is 1.72. The summed E-state index contributed by atoms with van der Waals surface area (Å²) in [6.07, 6.45) is 1.46. The minimum absolute atomic E-state index is 0.0319. The van der Waals surface area contributed by atoms with E-state index in [-0.39, 0.29) is 10.9 Å². The van der Waals surface area contributed by atoms with Crippen LogP contribution in [0.2, 0.25) is 0 Å². The number of para-hydroxylation sites is 2. The molecule has 126 valence electrons. The van der Waals surface area contributed by atoms with Gasteiger partial charge in [-0.2, -0.15) is 0 Å². The molecule has 3 atom stereocenters. The van der Waals surface area contributed by atoms with E-state index in [4.69, 9.17) is 4.42 Å². The summed E-state index contributed by atoms with van der Waals surface area (Å²) in [4.78, 5) is 30.0. The minimum Gasteiger partial charge on any atom is -0.431 e. The first-order valence-electron chi connectivity index (χ1n) is 8.00. The van der Waals surface area contributed by atoms with E-state index in [1.165, 1.54) is 0 Å². The number of carbonyl (C=O) groups is 2. The van der Waals surface area contributed by atoms with Gasteiger partial charge in [0, 0.05) is 17.2 Å². The monoisotopic (exact) mass is 407 g/mol. The van der Waals surface area contributed by atoms with Crippen LogP contribution in [0.15, 0.2) is 33.9 Å². The molecule has 1 aromatic carbocycles. The molecule has 3 unspecified atom stereocenters. The van der Waals surface area contributed by atoms with E-state index < -0.39 is 21.1 Å². The van der Waals surface area contributed by atoms with Gasteiger partial charge >= 0.3 is 0 Å². The Morgan fingerprint density at radius 1 is 1.29 bits per heavy atom. The first kappa shape index (κ1) is 16.3. The van der Waals surface area contributed by atoms with Gasteiger partial charge in [0.15, 0.2) is 11.4 Å². The molecule has 0 spiro atoms. The number of fused-ring (bicyclic) bond motifs is 3. The third-order valence-corrected chi connectivity index (χ3v) is 8.64. The van der Waals surface area contributed by atoms with Gasteiger partial charge in [0.2, 0.25) is 5.12 Å². The van der Waals surface area contributed by atoms with Crippen LogP contribution in [-0.4, -0.2) is 20.7 Å². The van der Waals surface area contributed by atoms with Gasteiger partial charge in [0.25, 0.3) is 5.22 Å². The number of benzene rings is 1. The predicted octanol–water partition coefficient (Wildman–Crippen LogP) is 4.61. The number of Topliss-reactive ketones (excluding diaryl/α,β-unsaturated/α-hetero) is 1. The summed E-state index contributed by atoms with van der Waals surface area (Å²) in [7, 11) is 0. The summed E-state index contributed by atoms with van der Waals surface area (Å²) < 4.78 is 5.69. The topological polar surface area (TPSA) is 60.2 Å². The summed E-state index contributed by atoms with van der Waals surface area (Å²) in [6.45, 7) is 6.09. The summed E-state index contributed by atoms with van der Waals surface area (Å²) >= 11 is 4.57. The quantitative estimate of drug-likeness (QED) is 0.537. The maximum absolute atomic E-state index is 13.3. The first-order valence-corrected chi connectivity index (χ1v) is 9.73. The van der Waals surface area contributed by atoms with Gasteiger partial charge in [-0.3, -0.25) is 9.59 Å². The normalized spacial score (nSPS) is 34.2. The van der Waals surface area contributed by atoms with Gasteiger partial charge in [0.1, 0.15) is 5.52 Å². The van der Waals surface area contributed by atoms with Gasteiger partial charge < -0.3 is 4.42 Å². The molecule has 2 aliphatic rings. The molecule has 0 radical (unpaired) electrons. The Morgan fingerprint density at radius 3 is 2.62 bits per heavy atom. The zero-order valence-corrected chi connectivity index (χ0v) is 16.2. The highest BCUT2D eigenvalue weighted by atomic mass is 79.9. The largest absolute Gasteiger partial charge is 0.431 e. The molecule has 24 heavy (non-hydrogen) atoms. The highest BCUT2D eigenvalue weighted by Crippen LogP contribution is 2.73. The van der Waals surface area contributed by atoms with Crippen LogP contribution in [0.5, 0.6) is 0 Å². The van der Waals surface area contributed by atoms with Crippen molar-refractivity contribution in [2.24, 2.45) is 16.2 Å². The van der Waals surface area contributed by atoms with Crippen molar-refractivity contribution in [3.63, 3.8) is 0 Å². The maximum atomic E-state index is 13.3. The van der Waals surface area contributed by atoms with Crippen LogP contribution in [0.4, 0.5) is 0 Å². The number of nitrogens with zero attached hydrogens (tertiary/aromatic N) is 1. The molecule has 2 aromatic rings. The zero-order chi connectivity index (χ0) is 17.3. The molecule has 4 rings (SSSR count). The van der Waals surface area contributed by atoms with Crippen LogP contribution in [0.1, 0.15) is 33.6 Å². The Morgan fingerprint density at radius 2 is 2.00 bits per heavy atom. The Kier molecular flexibility index (Phi) is 3.37. The predicted molar refractivity (Wildman–Crippen MR) is 96.2 cm³/mol. The van der Waals surface area contributed by atoms with Crippen LogP contribution in [0.3, 0.4) is 0 Å². The number of hydrogen-bond donors (Lipinski definition) is 0. The van der Waals surface area contributed by atoms with Crippen molar-refractivity contribution in [2.75, 3.05) is 0 Å². The van der Waals surface area contributed by atoms with Crippen molar-refractivity contribution in [2.45, 2.75) is 43.7 Å². The van der Waals surface area contributed by atoms with Gasteiger partial charge in [-0.15, -0.1) is 0 Å². The SMILES string of the molecule is CC12CCC(C(=O)Sc3nc4ccccc4o3)(C(Br)C1=O)C2(C)C. The summed E-state index contributed by atoms with van der Waals surface area (Å²) in [5, 5.41) is 0.314. The van der Waals surface area contributed by atoms with E-state index in [2.05, 4.69) is 20.9 Å². The molecule has 0 aliphatic heterocycles. The third kappa shape index (κ3) is 1.74. The summed E-state index contributed by atoms with van der Waals surface area (Å²) in [6, 6.07) is 7.44. The molecule has 0 saturated heterocycles. The second-order valence-corrected chi connectivity index (χ2v) is 9.33. The van der Waals surface area contributed by atoms with E-state index in [1.807, 2.05) is 45.0 Å². The Labute approximate surface area is 152 Å². The minimum atomic E-state index is -0.718. The van der Waals surface area contributed by atoms with Crippen molar-refractivity contribution in [3.8, 4) is 0 Å². The van der Waals surface area contributed by atoms with Crippen LogP contribution >= 0.6 is 27.7 Å². The van der Waals surface area contributed by atoms with Gasteiger partial charge in [-0.05, 0) is 30.4 Å². The number of alkyl halides is 1. The number of ketones is 1. The van der Waals surface area contributed by atoms with Crippen molar-refractivity contribution >= 4 is 49.7 Å². The number of thioether (sulfide) groups is 1. The van der Waals surface area contributed by atoms with E-state index in [0.717, 1.165) is 23.7 Å². The first-order chi connectivity index (χ1) is 11.2. The number of aromatic nitrogens is 1. The lowest BCUT2D eigenvalue weighted by atomic mass is 9.65. The molecule has 0 amide bonds. The van der Waals surface area contributed by atoms with Gasteiger partial charge in [0.05, 0.1) is 10.2 Å². The molecule has 2 fully saturated rings. The van der Waals surface area contributed by atoms with E-state index >= 15 is 0 Å². The molecule has 2 saturated carbocycles. The number of rotatable bonds is 2. The van der Waals surface area contributed by atoms with Crippen molar-refractivity contribution < 1.29 is 14.0 Å². The van der Waals surface area contributed by atoms with E-state index in [1.54, 1.807) is 0 Å². The van der Waals surface area contributed by atoms with Gasteiger partial charge in [-0.25, -0.2) is 4.98 Å². The highest BCUT2D eigenvalue weighted by molar-refractivity contribution is 9.10. The fourth-order valence-electron chi connectivity index (χ4n) is 4.47. The number of carbonyl (C=O) groups excluding carboxylic acids is 2. The molecule has 2 bridgehead atoms. The lowest BCUT2D eigenvalue weighted by molar-refractivity contribution is -0.128. The maximum Gasteiger partial charge on any atom is 0.264 e. The van der Waals surface area contributed by atoms with Crippen LogP contribution in [-0.2, 0) is 9.59 Å². The lowest BCUT2D eigenvalue weighted by Gasteiger charge is -2.39. The number of halogens is 1. The third-order valence-electron chi connectivity index (χ3n) is 6.54. The lowest BCUT2D eigenvalue weighted by Crippen LogP contribution is -2.43. The highest BCUT2D eigenvalue weighted by Gasteiger charge is 2.76. The number of oxazole rings is 1. The molecule has 4 nitrogen and oxygen atoms in total. The molecule has 1 aromatic heterocycles. The Bertz CT molecular complexity index is 843. The van der Waals surface area contributed by atoms with Crippen molar-refractivity contribution in [3.05, 3.63) is 24.3 Å². The second kappa shape index (κ2) is 4.94. The number of hydrogen-bond acceptors (Lipinski definition) is 5. The average Bonchev–Trinajstić information content (AvgIpc) is 3.06. The van der Waals surface area contributed by atoms with Gasteiger partial charge in [-0.1, -0.05) is 48.8 Å². The average molecular weight is 408 g/mol. The zero-order valence-electron chi connectivity index (χ0n) is 13.8.